The Labute approximate surface area is 111 Å². The Morgan fingerprint density at radius 3 is 2.85 bits per heavy atom. The predicted molar refractivity (Wildman–Crippen MR) is 63.7 cm³/mol. The smallest absolute Gasteiger partial charge is 0.338 e. The van der Waals surface area contributed by atoms with Crippen molar-refractivity contribution in [3.8, 4) is 0 Å². The van der Waals surface area contributed by atoms with Gasteiger partial charge in [-0.15, -0.1) is 0 Å². The van der Waals surface area contributed by atoms with Crippen molar-refractivity contribution in [2.24, 2.45) is 10.7 Å². The normalized spacial score (nSPS) is 23.1. The van der Waals surface area contributed by atoms with E-state index in [1.165, 1.54) is 4.90 Å². The highest BCUT2D eigenvalue weighted by atomic mass is 19.3. The van der Waals surface area contributed by atoms with E-state index < -0.39 is 42.3 Å². The number of carbonyl (C=O) groups is 1. The van der Waals surface area contributed by atoms with Crippen LogP contribution in [0.25, 0.3) is 0 Å². The minimum Gasteiger partial charge on any atom is -0.478 e. The summed E-state index contributed by atoms with van der Waals surface area (Å²) in [6, 6.07) is 1.19. The number of fused-ring (bicyclic) bond motifs is 3. The summed E-state index contributed by atoms with van der Waals surface area (Å²) in [5.74, 6) is -5.47. The van der Waals surface area contributed by atoms with Crippen LogP contribution in [0, 0.1) is 5.82 Å². The van der Waals surface area contributed by atoms with Gasteiger partial charge in [-0.2, -0.15) is 0 Å². The van der Waals surface area contributed by atoms with E-state index in [4.69, 9.17) is 10.8 Å². The average Bonchev–Trinajstić information content (AvgIpc) is 2.64. The first-order valence-corrected chi connectivity index (χ1v) is 5.84. The molecule has 1 fully saturated rings. The van der Waals surface area contributed by atoms with Gasteiger partial charge in [0.1, 0.15) is 5.82 Å². The molecule has 106 valence electrons. The summed E-state index contributed by atoms with van der Waals surface area (Å²) in [4.78, 5) is 16.0. The lowest BCUT2D eigenvalue weighted by atomic mass is 9.97. The van der Waals surface area contributed by atoms with Crippen LogP contribution in [0.3, 0.4) is 0 Å². The number of guanidine groups is 1. The number of carboxylic acid groups (broad SMARTS) is 1. The van der Waals surface area contributed by atoms with Gasteiger partial charge in [-0.05, 0) is 6.07 Å². The fraction of sp³-hybridized carbons (Fsp3) is 0.333. The molecule has 1 aromatic rings. The Balaban J connectivity index is 2.16. The van der Waals surface area contributed by atoms with Gasteiger partial charge >= 0.3 is 5.97 Å². The van der Waals surface area contributed by atoms with Crippen molar-refractivity contribution in [1.82, 2.24) is 4.90 Å². The van der Waals surface area contributed by atoms with E-state index in [1.807, 2.05) is 0 Å². The van der Waals surface area contributed by atoms with Crippen molar-refractivity contribution < 1.29 is 23.1 Å². The fourth-order valence-electron chi connectivity index (χ4n) is 2.63. The Kier molecular flexibility index (Phi) is 2.47. The average molecular weight is 285 g/mol. The molecule has 0 bridgehead atoms. The molecule has 1 atom stereocenters. The summed E-state index contributed by atoms with van der Waals surface area (Å²) >= 11 is 0. The van der Waals surface area contributed by atoms with Gasteiger partial charge in [0.25, 0.3) is 5.92 Å². The van der Waals surface area contributed by atoms with Gasteiger partial charge in [-0.3, -0.25) is 0 Å². The van der Waals surface area contributed by atoms with Crippen LogP contribution in [0.2, 0.25) is 0 Å². The zero-order valence-electron chi connectivity index (χ0n) is 10.1. The molecule has 0 aliphatic carbocycles. The van der Waals surface area contributed by atoms with E-state index >= 15 is 0 Å². The SMILES string of the molecule is NC1=Nc2cc(F)c(C(=O)O)cc2[C@@H]2CC(F)(F)CN12. The van der Waals surface area contributed by atoms with Gasteiger partial charge < -0.3 is 15.7 Å². The quantitative estimate of drug-likeness (QED) is 0.825. The number of aliphatic imine (C=N–C) groups is 1. The third-order valence-electron chi connectivity index (χ3n) is 3.50. The maximum absolute atomic E-state index is 13.6. The number of hydrogen-bond donors (Lipinski definition) is 2. The monoisotopic (exact) mass is 285 g/mol. The topological polar surface area (TPSA) is 78.9 Å². The molecule has 8 heteroatoms. The summed E-state index contributed by atoms with van der Waals surface area (Å²) in [6.07, 6.45) is -0.499. The number of aromatic carboxylic acids is 1. The molecular weight excluding hydrogens is 275 g/mol. The summed E-state index contributed by atoms with van der Waals surface area (Å²) in [6.45, 7) is -0.577. The van der Waals surface area contributed by atoms with E-state index in [0.717, 1.165) is 12.1 Å². The van der Waals surface area contributed by atoms with Crippen LogP contribution in [-0.2, 0) is 0 Å². The summed E-state index contributed by atoms with van der Waals surface area (Å²) in [5.41, 5.74) is 5.41. The van der Waals surface area contributed by atoms with Crippen molar-refractivity contribution in [2.45, 2.75) is 18.4 Å². The predicted octanol–water partition coefficient (Wildman–Crippen LogP) is 1.87. The van der Waals surface area contributed by atoms with Gasteiger partial charge in [-0.25, -0.2) is 23.0 Å². The van der Waals surface area contributed by atoms with Crippen molar-refractivity contribution in [3.63, 3.8) is 0 Å². The van der Waals surface area contributed by atoms with Crippen LogP contribution in [0.1, 0.15) is 28.4 Å². The van der Waals surface area contributed by atoms with E-state index in [2.05, 4.69) is 4.99 Å². The van der Waals surface area contributed by atoms with Crippen LogP contribution in [0.5, 0.6) is 0 Å². The van der Waals surface area contributed by atoms with Gasteiger partial charge in [0.2, 0.25) is 0 Å². The Bertz CT molecular complexity index is 645. The molecule has 0 amide bonds. The summed E-state index contributed by atoms with van der Waals surface area (Å²) in [7, 11) is 0. The molecule has 0 aromatic heterocycles. The molecule has 2 aliphatic rings. The highest BCUT2D eigenvalue weighted by molar-refractivity contribution is 5.90. The molecule has 0 radical (unpaired) electrons. The highest BCUT2D eigenvalue weighted by Crippen LogP contribution is 2.46. The second-order valence-corrected chi connectivity index (χ2v) is 4.87. The maximum Gasteiger partial charge on any atom is 0.338 e. The summed E-state index contributed by atoms with van der Waals surface area (Å²) < 4.78 is 40.6. The largest absolute Gasteiger partial charge is 0.478 e. The van der Waals surface area contributed by atoms with Gasteiger partial charge in [0.05, 0.1) is 23.8 Å². The molecule has 3 N–H and O–H groups in total. The molecule has 20 heavy (non-hydrogen) atoms. The van der Waals surface area contributed by atoms with E-state index in [0.29, 0.717) is 0 Å². The standard InChI is InChI=1S/C12H10F3N3O2/c13-7-2-8-6(1-5(7)10(19)20)9-3-12(14,15)4-18(9)11(16)17-8/h1-2,9H,3-4H2,(H2,16,17)(H,19,20)/t9-/m0/s1. The minimum atomic E-state index is -2.94. The molecular formula is C12H10F3N3O2. The molecule has 2 aliphatic heterocycles. The van der Waals surface area contributed by atoms with Crippen molar-refractivity contribution in [2.75, 3.05) is 6.54 Å². The van der Waals surface area contributed by atoms with Crippen molar-refractivity contribution >= 4 is 17.6 Å². The van der Waals surface area contributed by atoms with Crippen LogP contribution in [0.4, 0.5) is 18.9 Å². The van der Waals surface area contributed by atoms with E-state index in [9.17, 15) is 18.0 Å². The zero-order valence-corrected chi connectivity index (χ0v) is 10.1. The van der Waals surface area contributed by atoms with E-state index in [1.54, 1.807) is 0 Å². The molecule has 1 aromatic carbocycles. The molecule has 1 saturated heterocycles. The molecule has 0 spiro atoms. The van der Waals surface area contributed by atoms with Crippen LogP contribution >= 0.6 is 0 Å². The highest BCUT2D eigenvalue weighted by Gasteiger charge is 2.48. The second-order valence-electron chi connectivity index (χ2n) is 4.87. The Hall–Kier alpha value is -2.25. The van der Waals surface area contributed by atoms with Gasteiger partial charge in [-0.1, -0.05) is 0 Å². The fourth-order valence-corrected chi connectivity index (χ4v) is 2.63. The van der Waals surface area contributed by atoms with E-state index in [-0.39, 0.29) is 17.2 Å². The molecule has 2 heterocycles. The van der Waals surface area contributed by atoms with Crippen LogP contribution in [-0.4, -0.2) is 34.4 Å². The molecule has 0 unspecified atom stereocenters. The number of hydrogen-bond acceptors (Lipinski definition) is 4. The number of carboxylic acids is 1. The maximum atomic E-state index is 13.6. The van der Waals surface area contributed by atoms with Crippen LogP contribution < -0.4 is 5.73 Å². The number of halogens is 3. The number of alkyl halides is 2. The zero-order chi connectivity index (χ0) is 14.7. The van der Waals surface area contributed by atoms with Crippen LogP contribution in [0.15, 0.2) is 17.1 Å². The van der Waals surface area contributed by atoms with Crippen molar-refractivity contribution in [1.29, 1.82) is 0 Å². The lowest BCUT2D eigenvalue weighted by Crippen LogP contribution is -2.40. The number of rotatable bonds is 1. The Morgan fingerprint density at radius 2 is 2.20 bits per heavy atom. The van der Waals surface area contributed by atoms with Gasteiger partial charge in [0.15, 0.2) is 5.96 Å². The molecule has 0 saturated carbocycles. The van der Waals surface area contributed by atoms with Gasteiger partial charge in [0, 0.05) is 18.1 Å². The number of benzene rings is 1. The summed E-state index contributed by atoms with van der Waals surface area (Å²) in [5, 5.41) is 8.90. The minimum absolute atomic E-state index is 0.101. The first-order chi connectivity index (χ1) is 9.28. The first kappa shape index (κ1) is 12.8. The number of nitrogens with zero attached hydrogens (tertiary/aromatic N) is 2. The third kappa shape index (κ3) is 1.79. The lowest BCUT2D eigenvalue weighted by Gasteiger charge is -2.30. The second kappa shape index (κ2) is 3.87. The third-order valence-corrected chi connectivity index (χ3v) is 3.50. The lowest BCUT2D eigenvalue weighted by molar-refractivity contribution is 0.0164. The Morgan fingerprint density at radius 1 is 1.50 bits per heavy atom. The molecule has 5 nitrogen and oxygen atoms in total. The van der Waals surface area contributed by atoms with Crippen molar-refractivity contribution in [3.05, 3.63) is 29.1 Å². The molecule has 3 rings (SSSR count). The number of nitrogens with two attached hydrogens (primary N) is 1. The first-order valence-electron chi connectivity index (χ1n) is 5.84.